The van der Waals surface area contributed by atoms with E-state index < -0.39 is 29.8 Å². The lowest BCUT2D eigenvalue weighted by atomic mass is 9.92. The van der Waals surface area contributed by atoms with Gasteiger partial charge in [0.25, 0.3) is 0 Å². The van der Waals surface area contributed by atoms with Gasteiger partial charge in [0.05, 0.1) is 11.8 Å². The molecule has 1 aromatic carbocycles. The normalized spacial score (nSPS) is 25.4. The number of carbonyl (C=O) groups excluding carboxylic acids is 1. The van der Waals surface area contributed by atoms with Crippen molar-refractivity contribution in [2.24, 2.45) is 17.6 Å². The van der Waals surface area contributed by atoms with Crippen molar-refractivity contribution in [1.29, 1.82) is 0 Å². The van der Waals surface area contributed by atoms with E-state index in [1.807, 2.05) is 0 Å². The summed E-state index contributed by atoms with van der Waals surface area (Å²) in [6.07, 6.45) is -4.24. The van der Waals surface area contributed by atoms with Crippen molar-refractivity contribution in [2.75, 3.05) is 0 Å². The molecule has 2 N–H and O–H groups in total. The Morgan fingerprint density at radius 3 is 2.29 bits per heavy atom. The topological polar surface area (TPSA) is 43.1 Å². The Kier molecular flexibility index (Phi) is 2.85. The Hall–Kier alpha value is -1.52. The predicted octanol–water partition coefficient (Wildman–Crippen LogP) is 2.45. The number of amides is 1. The van der Waals surface area contributed by atoms with Crippen LogP contribution in [0.4, 0.5) is 13.2 Å². The van der Waals surface area contributed by atoms with Crippen molar-refractivity contribution in [3.8, 4) is 0 Å². The third-order valence-electron chi connectivity index (χ3n) is 3.15. The predicted molar refractivity (Wildman–Crippen MR) is 56.0 cm³/mol. The molecule has 0 bridgehead atoms. The van der Waals surface area contributed by atoms with E-state index in [0.717, 1.165) is 0 Å². The number of carbonyl (C=O) groups is 1. The van der Waals surface area contributed by atoms with Crippen LogP contribution < -0.4 is 5.73 Å². The fourth-order valence-electron chi connectivity index (χ4n) is 2.24. The highest BCUT2D eigenvalue weighted by molar-refractivity contribution is 5.82. The van der Waals surface area contributed by atoms with Gasteiger partial charge in [0, 0.05) is 0 Å². The summed E-state index contributed by atoms with van der Waals surface area (Å²) in [7, 11) is 0. The van der Waals surface area contributed by atoms with E-state index in [9.17, 15) is 18.0 Å². The molecule has 17 heavy (non-hydrogen) atoms. The van der Waals surface area contributed by atoms with Crippen molar-refractivity contribution >= 4 is 5.91 Å². The molecule has 1 saturated carbocycles. The van der Waals surface area contributed by atoms with Gasteiger partial charge >= 0.3 is 6.18 Å². The lowest BCUT2D eigenvalue weighted by Crippen LogP contribution is -2.25. The fraction of sp³-hybridized carbons (Fsp3) is 0.417. The molecule has 0 heterocycles. The first kappa shape index (κ1) is 12.0. The van der Waals surface area contributed by atoms with Crippen LogP contribution in [0.5, 0.6) is 0 Å². The first-order chi connectivity index (χ1) is 7.91. The van der Waals surface area contributed by atoms with Crippen LogP contribution in [-0.2, 0) is 4.79 Å². The van der Waals surface area contributed by atoms with E-state index in [-0.39, 0.29) is 6.42 Å². The van der Waals surface area contributed by atoms with Crippen molar-refractivity contribution < 1.29 is 18.0 Å². The summed E-state index contributed by atoms with van der Waals surface area (Å²) in [6, 6.07) is 8.41. The Morgan fingerprint density at radius 2 is 1.88 bits per heavy atom. The Morgan fingerprint density at radius 1 is 1.29 bits per heavy atom. The van der Waals surface area contributed by atoms with E-state index in [1.54, 1.807) is 30.3 Å². The number of hydrogen-bond donors (Lipinski definition) is 1. The van der Waals surface area contributed by atoms with E-state index in [4.69, 9.17) is 5.73 Å². The molecule has 1 aromatic rings. The molecule has 0 saturated heterocycles. The zero-order chi connectivity index (χ0) is 12.6. The van der Waals surface area contributed by atoms with E-state index >= 15 is 0 Å². The van der Waals surface area contributed by atoms with Crippen LogP contribution in [0.2, 0.25) is 0 Å². The number of benzene rings is 1. The van der Waals surface area contributed by atoms with Gasteiger partial charge in [0.2, 0.25) is 5.91 Å². The van der Waals surface area contributed by atoms with Gasteiger partial charge in [0.1, 0.15) is 0 Å². The van der Waals surface area contributed by atoms with Crippen molar-refractivity contribution in [3.63, 3.8) is 0 Å². The molecule has 1 unspecified atom stereocenters. The number of alkyl halides is 3. The highest BCUT2D eigenvalue weighted by Gasteiger charge is 2.59. The molecule has 0 aliphatic heterocycles. The molecule has 3 atom stereocenters. The molecule has 1 aliphatic carbocycles. The van der Waals surface area contributed by atoms with Gasteiger partial charge in [-0.15, -0.1) is 0 Å². The summed E-state index contributed by atoms with van der Waals surface area (Å²) in [5, 5.41) is 0. The molecule has 2 rings (SSSR count). The number of hydrogen-bond acceptors (Lipinski definition) is 1. The first-order valence-corrected chi connectivity index (χ1v) is 5.32. The maximum Gasteiger partial charge on any atom is 0.392 e. The van der Waals surface area contributed by atoms with Crippen molar-refractivity contribution in [2.45, 2.75) is 18.5 Å². The second-order valence-electron chi connectivity index (χ2n) is 4.34. The zero-order valence-electron chi connectivity index (χ0n) is 8.95. The molecule has 0 spiro atoms. The minimum absolute atomic E-state index is 0.00794. The zero-order valence-corrected chi connectivity index (χ0v) is 8.95. The third kappa shape index (κ3) is 2.43. The molecule has 0 radical (unpaired) electrons. The van der Waals surface area contributed by atoms with Crippen LogP contribution in [0.3, 0.4) is 0 Å². The molecule has 1 amide bonds. The molecule has 2 nitrogen and oxygen atoms in total. The number of primary amides is 1. The van der Waals surface area contributed by atoms with Gasteiger partial charge in [0.15, 0.2) is 0 Å². The average Bonchev–Trinajstić information content (AvgIpc) is 2.98. The van der Waals surface area contributed by atoms with Gasteiger partial charge < -0.3 is 5.73 Å². The average molecular weight is 243 g/mol. The summed E-state index contributed by atoms with van der Waals surface area (Å²) in [5.41, 5.74) is 5.78. The van der Waals surface area contributed by atoms with Crippen molar-refractivity contribution in [3.05, 3.63) is 35.9 Å². The summed E-state index contributed by atoms with van der Waals surface area (Å²) in [6.45, 7) is 0. The van der Waals surface area contributed by atoms with E-state index in [0.29, 0.717) is 5.56 Å². The lowest BCUT2D eigenvalue weighted by molar-refractivity contribution is -0.152. The van der Waals surface area contributed by atoms with Crippen LogP contribution in [0, 0.1) is 11.8 Å². The van der Waals surface area contributed by atoms with Crippen LogP contribution in [0.1, 0.15) is 17.9 Å². The molecule has 92 valence electrons. The Balaban J connectivity index is 2.20. The van der Waals surface area contributed by atoms with Gasteiger partial charge in [-0.1, -0.05) is 30.3 Å². The fourth-order valence-corrected chi connectivity index (χ4v) is 2.24. The number of rotatable bonds is 3. The monoisotopic (exact) mass is 243 g/mol. The molecular formula is C12H12F3NO. The van der Waals surface area contributed by atoms with Crippen molar-refractivity contribution in [1.82, 2.24) is 0 Å². The molecule has 5 heteroatoms. The second-order valence-corrected chi connectivity index (χ2v) is 4.34. The van der Waals surface area contributed by atoms with E-state index in [1.165, 1.54) is 0 Å². The maximum atomic E-state index is 12.5. The SMILES string of the molecule is NC(=O)C(c1ccccc1)[C@@H]1C[C@@H]1C(F)(F)F. The Labute approximate surface area is 96.6 Å². The van der Waals surface area contributed by atoms with E-state index in [2.05, 4.69) is 0 Å². The third-order valence-corrected chi connectivity index (χ3v) is 3.15. The molecule has 1 fully saturated rings. The smallest absolute Gasteiger partial charge is 0.369 e. The highest BCUT2D eigenvalue weighted by Crippen LogP contribution is 2.56. The summed E-state index contributed by atoms with van der Waals surface area (Å²) in [4.78, 5) is 11.3. The quantitative estimate of drug-likeness (QED) is 0.870. The summed E-state index contributed by atoms with van der Waals surface area (Å²) in [5.74, 6) is -3.61. The highest BCUT2D eigenvalue weighted by atomic mass is 19.4. The molecular weight excluding hydrogens is 231 g/mol. The number of halogens is 3. The minimum atomic E-state index is -4.23. The Bertz CT molecular complexity index is 416. The van der Waals surface area contributed by atoms with Gasteiger partial charge in [-0.3, -0.25) is 4.79 Å². The standard InChI is InChI=1S/C12H12F3NO/c13-12(14,15)9-6-8(9)10(11(16)17)7-4-2-1-3-5-7/h1-5,8-10H,6H2,(H2,16,17)/t8-,9+,10?/m1/s1. The van der Waals surface area contributed by atoms with Crippen LogP contribution in [-0.4, -0.2) is 12.1 Å². The van der Waals surface area contributed by atoms with Gasteiger partial charge in [-0.25, -0.2) is 0 Å². The first-order valence-electron chi connectivity index (χ1n) is 5.32. The molecule has 0 aromatic heterocycles. The number of nitrogens with two attached hydrogens (primary N) is 1. The maximum absolute atomic E-state index is 12.5. The second kappa shape index (κ2) is 4.05. The summed E-state index contributed by atoms with van der Waals surface area (Å²) < 4.78 is 37.4. The lowest BCUT2D eigenvalue weighted by Gasteiger charge is -2.14. The molecule has 1 aliphatic rings. The van der Waals surface area contributed by atoms with Gasteiger partial charge in [-0.05, 0) is 17.9 Å². The summed E-state index contributed by atoms with van der Waals surface area (Å²) >= 11 is 0. The van der Waals surface area contributed by atoms with Crippen LogP contribution >= 0.6 is 0 Å². The largest absolute Gasteiger partial charge is 0.392 e. The van der Waals surface area contributed by atoms with Gasteiger partial charge in [-0.2, -0.15) is 13.2 Å². The van der Waals surface area contributed by atoms with Crippen LogP contribution in [0.25, 0.3) is 0 Å². The van der Waals surface area contributed by atoms with Crippen LogP contribution in [0.15, 0.2) is 30.3 Å². The minimum Gasteiger partial charge on any atom is -0.369 e.